The first kappa shape index (κ1) is 32.8. The smallest absolute Gasteiger partial charge is 0.286 e. The van der Waals surface area contributed by atoms with Crippen LogP contribution in [0.2, 0.25) is 0 Å². The minimum atomic E-state index is -0.483. The maximum Gasteiger partial charge on any atom is 0.286 e. The summed E-state index contributed by atoms with van der Waals surface area (Å²) < 4.78 is 0. The normalized spacial score (nSPS) is 19.5. The minimum Gasteiger partial charge on any atom is -0.314 e. The van der Waals surface area contributed by atoms with E-state index in [2.05, 4.69) is 29.4 Å². The van der Waals surface area contributed by atoms with Crippen LogP contribution in [0.3, 0.4) is 0 Å². The zero-order valence-corrected chi connectivity index (χ0v) is 25.9. The molecular formula is C33H53N3O3S. The lowest BCUT2D eigenvalue weighted by molar-refractivity contribution is -0.118. The molecule has 2 aliphatic rings. The largest absolute Gasteiger partial charge is 0.314 e. The van der Waals surface area contributed by atoms with E-state index in [1.807, 2.05) is 24.3 Å². The number of amides is 2. The van der Waals surface area contributed by atoms with E-state index in [1.165, 1.54) is 70.6 Å². The molecule has 2 heterocycles. The first-order chi connectivity index (χ1) is 19.5. The fraction of sp³-hybridized carbons (Fsp3) is 0.727. The number of nitrogens with zero attached hydrogens (tertiary/aromatic N) is 1. The highest BCUT2D eigenvalue weighted by Gasteiger charge is 2.43. The number of hydrogen-bond donors (Lipinski definition) is 2. The zero-order valence-electron chi connectivity index (χ0n) is 25.1. The Bertz CT molecular complexity index is 933. The number of benzene rings is 1. The van der Waals surface area contributed by atoms with Gasteiger partial charge in [-0.15, -0.1) is 0 Å². The second-order valence-electron chi connectivity index (χ2n) is 11.8. The van der Waals surface area contributed by atoms with Gasteiger partial charge in [-0.05, 0) is 30.9 Å². The van der Waals surface area contributed by atoms with Crippen LogP contribution in [-0.2, 0) is 11.2 Å². The number of carbonyl (C=O) groups is 3. The zero-order chi connectivity index (χ0) is 28.6. The van der Waals surface area contributed by atoms with Crippen molar-refractivity contribution >= 4 is 28.7 Å². The molecule has 2 saturated heterocycles. The van der Waals surface area contributed by atoms with Crippen LogP contribution in [-0.4, -0.2) is 58.8 Å². The predicted octanol–water partition coefficient (Wildman–Crippen LogP) is 7.30. The Balaban J connectivity index is 1.59. The molecule has 2 N–H and O–H groups in total. The Labute approximate surface area is 247 Å². The fourth-order valence-electron chi connectivity index (χ4n) is 6.43. The molecule has 0 radical (unpaired) electrons. The highest BCUT2D eigenvalue weighted by Crippen LogP contribution is 2.34. The molecule has 0 spiro atoms. The third-order valence-electron chi connectivity index (χ3n) is 8.63. The topological polar surface area (TPSA) is 78.5 Å². The fourth-order valence-corrected chi connectivity index (χ4v) is 7.29. The molecule has 1 aromatic rings. The molecule has 0 bridgehead atoms. The van der Waals surface area contributed by atoms with Crippen LogP contribution in [0.25, 0.3) is 0 Å². The van der Waals surface area contributed by atoms with Crippen LogP contribution in [0.1, 0.15) is 126 Å². The summed E-state index contributed by atoms with van der Waals surface area (Å²) in [6.07, 6.45) is 18.9. The van der Waals surface area contributed by atoms with E-state index in [4.69, 9.17) is 0 Å². The van der Waals surface area contributed by atoms with E-state index >= 15 is 0 Å². The van der Waals surface area contributed by atoms with Crippen molar-refractivity contribution in [2.45, 2.75) is 127 Å². The van der Waals surface area contributed by atoms with Crippen molar-refractivity contribution in [1.82, 2.24) is 15.5 Å². The van der Waals surface area contributed by atoms with Gasteiger partial charge in [-0.2, -0.15) is 0 Å². The van der Waals surface area contributed by atoms with Gasteiger partial charge in [0.25, 0.3) is 5.24 Å². The Morgan fingerprint density at radius 2 is 1.50 bits per heavy atom. The van der Waals surface area contributed by atoms with Crippen LogP contribution in [0.15, 0.2) is 24.3 Å². The molecule has 7 heteroatoms. The van der Waals surface area contributed by atoms with Gasteiger partial charge in [0.2, 0.25) is 5.91 Å². The second-order valence-corrected chi connectivity index (χ2v) is 13.0. The third kappa shape index (κ3) is 9.99. The summed E-state index contributed by atoms with van der Waals surface area (Å²) >= 11 is 1.04. The highest BCUT2D eigenvalue weighted by molar-refractivity contribution is 8.15. The number of ketones is 1. The van der Waals surface area contributed by atoms with Gasteiger partial charge in [0.15, 0.2) is 5.78 Å². The van der Waals surface area contributed by atoms with E-state index in [0.29, 0.717) is 6.42 Å². The van der Waals surface area contributed by atoms with Gasteiger partial charge in [-0.3, -0.25) is 24.6 Å². The molecule has 2 amide bonds. The number of rotatable bonds is 20. The number of unbranched alkanes of at least 4 members (excludes halogenated alkanes) is 11. The summed E-state index contributed by atoms with van der Waals surface area (Å²) in [5.74, 6) is -0.0133. The van der Waals surface area contributed by atoms with Gasteiger partial charge in [-0.1, -0.05) is 127 Å². The Hall–Kier alpha value is -1.70. The van der Waals surface area contributed by atoms with E-state index in [-0.39, 0.29) is 16.9 Å². The van der Waals surface area contributed by atoms with Crippen LogP contribution >= 0.6 is 11.8 Å². The number of thioether (sulfide) groups is 1. The molecule has 0 aromatic heterocycles. The van der Waals surface area contributed by atoms with Crippen LogP contribution in [0, 0.1) is 0 Å². The molecule has 1 aromatic carbocycles. The van der Waals surface area contributed by atoms with Gasteiger partial charge in [0, 0.05) is 31.7 Å². The van der Waals surface area contributed by atoms with E-state index in [1.54, 1.807) is 0 Å². The Morgan fingerprint density at radius 3 is 2.08 bits per heavy atom. The summed E-state index contributed by atoms with van der Waals surface area (Å²) in [4.78, 5) is 40.6. The second kappa shape index (κ2) is 18.0. The monoisotopic (exact) mass is 571 g/mol. The number of nitrogens with one attached hydrogen (secondary N) is 2. The van der Waals surface area contributed by atoms with Crippen molar-refractivity contribution in [3.05, 3.63) is 35.4 Å². The number of piperazine rings is 1. The van der Waals surface area contributed by atoms with Gasteiger partial charge < -0.3 is 5.32 Å². The lowest BCUT2D eigenvalue weighted by Gasteiger charge is -2.45. The summed E-state index contributed by atoms with van der Waals surface area (Å²) in [5, 5.41) is 5.12. The average molecular weight is 572 g/mol. The van der Waals surface area contributed by atoms with Crippen molar-refractivity contribution in [3.8, 4) is 0 Å². The summed E-state index contributed by atoms with van der Waals surface area (Å²) in [5.41, 5.74) is 1.19. The standard InChI is InChI=1S/C33H53N3O3S/c1-3-5-6-7-8-9-10-11-12-13-14-15-20-33(19-4-2,36-23-21-34-22-24-36)30(37)28-18-16-17-27(25-28)26-29-31(38)35-32(39)40-29/h16-18,25,29,34H,3-15,19-24,26H2,1-2H3,(H,35,38,39). The van der Waals surface area contributed by atoms with E-state index < -0.39 is 10.8 Å². The molecule has 40 heavy (non-hydrogen) atoms. The highest BCUT2D eigenvalue weighted by atomic mass is 32.2. The van der Waals surface area contributed by atoms with Crippen LogP contribution in [0.4, 0.5) is 4.79 Å². The number of imide groups is 1. The van der Waals surface area contributed by atoms with E-state index in [9.17, 15) is 14.4 Å². The van der Waals surface area contributed by atoms with Gasteiger partial charge in [0.1, 0.15) is 0 Å². The van der Waals surface area contributed by atoms with E-state index in [0.717, 1.165) is 74.8 Å². The lowest BCUT2D eigenvalue weighted by atomic mass is 9.78. The number of Topliss-reactive ketones (excluding diaryl/α,β-unsaturated/α-hetero) is 1. The molecule has 2 unspecified atom stereocenters. The van der Waals surface area contributed by atoms with Crippen molar-refractivity contribution in [2.75, 3.05) is 26.2 Å². The first-order valence-electron chi connectivity index (χ1n) is 16.1. The molecule has 2 fully saturated rings. The molecule has 224 valence electrons. The number of carbonyl (C=O) groups excluding carboxylic acids is 3. The lowest BCUT2D eigenvalue weighted by Crippen LogP contribution is -2.60. The molecule has 0 aliphatic carbocycles. The maximum absolute atomic E-state index is 14.4. The molecule has 2 atom stereocenters. The SMILES string of the molecule is CCCCCCCCCCCCCCC(CCC)(C(=O)c1cccc(CC2SC(=O)NC2=O)c1)N1CCNCC1. The Kier molecular flexibility index (Phi) is 14.7. The van der Waals surface area contributed by atoms with Crippen LogP contribution in [0.5, 0.6) is 0 Å². The molecule has 0 saturated carbocycles. The summed E-state index contributed by atoms with van der Waals surface area (Å²) in [6.45, 7) is 8.08. The van der Waals surface area contributed by atoms with Crippen molar-refractivity contribution < 1.29 is 14.4 Å². The number of hydrogen-bond acceptors (Lipinski definition) is 6. The van der Waals surface area contributed by atoms with Crippen molar-refractivity contribution in [1.29, 1.82) is 0 Å². The predicted molar refractivity (Wildman–Crippen MR) is 167 cm³/mol. The van der Waals surface area contributed by atoms with Gasteiger partial charge >= 0.3 is 0 Å². The van der Waals surface area contributed by atoms with Gasteiger partial charge in [-0.25, -0.2) is 0 Å². The quantitative estimate of drug-likeness (QED) is 0.126. The molecule has 6 nitrogen and oxygen atoms in total. The molecule has 3 rings (SSSR count). The first-order valence-corrected chi connectivity index (χ1v) is 17.0. The molecule has 2 aliphatic heterocycles. The minimum absolute atomic E-state index is 0.223. The maximum atomic E-state index is 14.4. The van der Waals surface area contributed by atoms with Crippen molar-refractivity contribution in [3.63, 3.8) is 0 Å². The summed E-state index contributed by atoms with van der Waals surface area (Å²) in [6, 6.07) is 7.80. The summed E-state index contributed by atoms with van der Waals surface area (Å²) in [7, 11) is 0. The third-order valence-corrected chi connectivity index (χ3v) is 9.61. The average Bonchev–Trinajstić information content (AvgIpc) is 3.29. The Morgan fingerprint density at radius 1 is 0.875 bits per heavy atom. The van der Waals surface area contributed by atoms with Crippen molar-refractivity contribution in [2.24, 2.45) is 0 Å². The molecular weight excluding hydrogens is 518 g/mol. The van der Waals surface area contributed by atoms with Gasteiger partial charge in [0.05, 0.1) is 10.8 Å². The van der Waals surface area contributed by atoms with Crippen LogP contribution < -0.4 is 10.6 Å².